The van der Waals surface area contributed by atoms with Crippen molar-refractivity contribution in [2.75, 3.05) is 6.26 Å². The minimum Gasteiger partial charge on any atom is -0.271 e. The van der Waals surface area contributed by atoms with Crippen molar-refractivity contribution in [2.24, 2.45) is 4.99 Å². The molecule has 19 heavy (non-hydrogen) atoms. The molecule has 0 unspecified atom stereocenters. The zero-order chi connectivity index (χ0) is 14.6. The average Bonchev–Trinajstić information content (AvgIpc) is 2.30. The fourth-order valence-electron chi connectivity index (χ4n) is 1.38. The standard InChI is InChI=1S/C13H15BrFN3S/c1-13(2,3)8-5-9(14)11(10(15)6-8)18-12(19-4)17-7-16/h5-6H,1-4H3,(H,17,18). The summed E-state index contributed by atoms with van der Waals surface area (Å²) in [5, 5.41) is 11.3. The van der Waals surface area contributed by atoms with Gasteiger partial charge in [-0.3, -0.25) is 5.32 Å². The molecule has 102 valence electrons. The lowest BCUT2D eigenvalue weighted by Gasteiger charge is -2.20. The molecular formula is C13H15BrFN3S. The van der Waals surface area contributed by atoms with Crippen molar-refractivity contribution in [3.8, 4) is 6.19 Å². The van der Waals surface area contributed by atoms with Gasteiger partial charge in [0.15, 0.2) is 11.4 Å². The molecule has 0 bridgehead atoms. The number of rotatable bonds is 1. The Kier molecular flexibility index (Phi) is 5.39. The van der Waals surface area contributed by atoms with E-state index < -0.39 is 5.82 Å². The maximum atomic E-state index is 14.1. The number of hydrogen-bond acceptors (Lipinski definition) is 3. The van der Waals surface area contributed by atoms with Crippen LogP contribution in [-0.4, -0.2) is 11.4 Å². The van der Waals surface area contributed by atoms with E-state index in [1.165, 1.54) is 17.8 Å². The Morgan fingerprint density at radius 3 is 2.53 bits per heavy atom. The molecular weight excluding hydrogens is 329 g/mol. The summed E-state index contributed by atoms with van der Waals surface area (Å²) in [5.74, 6) is -0.411. The molecule has 1 N–H and O–H groups in total. The molecule has 0 saturated carbocycles. The van der Waals surface area contributed by atoms with Crippen LogP contribution in [0.3, 0.4) is 0 Å². The first-order valence-electron chi connectivity index (χ1n) is 5.57. The van der Waals surface area contributed by atoms with Crippen molar-refractivity contribution in [3.63, 3.8) is 0 Å². The first-order valence-corrected chi connectivity index (χ1v) is 7.58. The topological polar surface area (TPSA) is 48.2 Å². The van der Waals surface area contributed by atoms with Crippen LogP contribution in [0.25, 0.3) is 0 Å². The van der Waals surface area contributed by atoms with Crippen LogP contribution in [0.5, 0.6) is 0 Å². The first kappa shape index (κ1) is 16.0. The third-order valence-electron chi connectivity index (χ3n) is 2.45. The molecule has 0 atom stereocenters. The zero-order valence-electron chi connectivity index (χ0n) is 11.2. The zero-order valence-corrected chi connectivity index (χ0v) is 13.6. The minimum atomic E-state index is -0.411. The van der Waals surface area contributed by atoms with Crippen LogP contribution in [0.2, 0.25) is 0 Å². The lowest BCUT2D eigenvalue weighted by atomic mass is 9.87. The molecule has 0 saturated heterocycles. The third-order valence-corrected chi connectivity index (χ3v) is 3.64. The van der Waals surface area contributed by atoms with Crippen molar-refractivity contribution in [3.05, 3.63) is 28.0 Å². The van der Waals surface area contributed by atoms with Gasteiger partial charge in [-0.25, -0.2) is 9.38 Å². The van der Waals surface area contributed by atoms with Gasteiger partial charge in [0.05, 0.1) is 0 Å². The van der Waals surface area contributed by atoms with Crippen LogP contribution >= 0.6 is 27.7 Å². The van der Waals surface area contributed by atoms with Crippen LogP contribution in [0.4, 0.5) is 10.1 Å². The molecule has 3 nitrogen and oxygen atoms in total. The summed E-state index contributed by atoms with van der Waals surface area (Å²) in [4.78, 5) is 4.11. The van der Waals surface area contributed by atoms with Crippen molar-refractivity contribution in [2.45, 2.75) is 26.2 Å². The number of aliphatic imine (C=N–C) groups is 1. The summed E-state index contributed by atoms with van der Waals surface area (Å²) in [6.07, 6.45) is 3.54. The fraction of sp³-hybridized carbons (Fsp3) is 0.385. The van der Waals surface area contributed by atoms with Crippen molar-refractivity contribution < 1.29 is 4.39 Å². The summed E-state index contributed by atoms with van der Waals surface area (Å²) in [5.41, 5.74) is 0.939. The maximum absolute atomic E-state index is 14.1. The Balaban J connectivity index is 3.29. The van der Waals surface area contributed by atoms with Crippen molar-refractivity contribution in [1.29, 1.82) is 5.26 Å². The van der Waals surface area contributed by atoms with E-state index in [9.17, 15) is 4.39 Å². The summed E-state index contributed by atoms with van der Waals surface area (Å²) in [6, 6.07) is 3.33. The number of halogens is 2. The minimum absolute atomic E-state index is 0.140. The SMILES string of the molecule is CSC(=Nc1c(F)cc(C(C)(C)C)cc1Br)NC#N. The van der Waals surface area contributed by atoms with E-state index in [0.29, 0.717) is 9.64 Å². The Labute approximate surface area is 125 Å². The predicted molar refractivity (Wildman–Crippen MR) is 82.2 cm³/mol. The van der Waals surface area contributed by atoms with Crippen LogP contribution in [-0.2, 0) is 5.41 Å². The van der Waals surface area contributed by atoms with E-state index in [-0.39, 0.29) is 11.1 Å². The molecule has 0 aromatic heterocycles. The van der Waals surface area contributed by atoms with Crippen molar-refractivity contribution >= 4 is 38.5 Å². The number of hydrogen-bond donors (Lipinski definition) is 1. The van der Waals surface area contributed by atoms with Gasteiger partial charge in [0.25, 0.3) is 0 Å². The molecule has 0 aliphatic carbocycles. The van der Waals surface area contributed by atoms with E-state index in [1.807, 2.05) is 26.8 Å². The monoisotopic (exact) mass is 343 g/mol. The summed E-state index contributed by atoms with van der Waals surface area (Å²) in [6.45, 7) is 6.05. The van der Waals surface area contributed by atoms with E-state index in [0.717, 1.165) is 5.56 Å². The van der Waals surface area contributed by atoms with Crippen LogP contribution in [0, 0.1) is 17.3 Å². The number of nitriles is 1. The number of nitrogens with zero attached hydrogens (tertiary/aromatic N) is 2. The van der Waals surface area contributed by atoms with Gasteiger partial charge in [-0.15, -0.1) is 0 Å². The largest absolute Gasteiger partial charge is 0.271 e. The number of amidine groups is 1. The molecule has 1 aromatic rings. The van der Waals surface area contributed by atoms with Crippen LogP contribution in [0.15, 0.2) is 21.6 Å². The van der Waals surface area contributed by atoms with Crippen LogP contribution < -0.4 is 5.32 Å². The predicted octanol–water partition coefficient (Wildman–Crippen LogP) is 4.31. The van der Waals surface area contributed by atoms with Gasteiger partial charge in [-0.1, -0.05) is 32.5 Å². The molecule has 0 radical (unpaired) electrons. The highest BCUT2D eigenvalue weighted by atomic mass is 79.9. The highest BCUT2D eigenvalue weighted by Crippen LogP contribution is 2.34. The molecule has 0 spiro atoms. The van der Waals surface area contributed by atoms with Gasteiger partial charge < -0.3 is 0 Å². The lowest BCUT2D eigenvalue weighted by molar-refractivity contribution is 0.572. The van der Waals surface area contributed by atoms with E-state index in [1.54, 1.807) is 12.4 Å². The molecule has 6 heteroatoms. The second-order valence-electron chi connectivity index (χ2n) is 4.90. The maximum Gasteiger partial charge on any atom is 0.183 e. The van der Waals surface area contributed by atoms with Gasteiger partial charge in [-0.05, 0) is 45.3 Å². The Hall–Kier alpha value is -1.06. The molecule has 0 aliphatic rings. The van der Waals surface area contributed by atoms with Gasteiger partial charge in [0.2, 0.25) is 0 Å². The summed E-state index contributed by atoms with van der Waals surface area (Å²) >= 11 is 4.58. The first-order chi connectivity index (χ1) is 8.79. The highest BCUT2D eigenvalue weighted by Gasteiger charge is 2.18. The normalized spacial score (nSPS) is 12.2. The number of benzene rings is 1. The van der Waals surface area contributed by atoms with E-state index in [2.05, 4.69) is 26.2 Å². The number of nitrogens with one attached hydrogen (secondary N) is 1. The van der Waals surface area contributed by atoms with Crippen LogP contribution in [0.1, 0.15) is 26.3 Å². The van der Waals surface area contributed by atoms with Gasteiger partial charge >= 0.3 is 0 Å². The van der Waals surface area contributed by atoms with Gasteiger partial charge in [0, 0.05) is 4.47 Å². The summed E-state index contributed by atoms with van der Waals surface area (Å²) in [7, 11) is 0. The van der Waals surface area contributed by atoms with E-state index in [4.69, 9.17) is 5.26 Å². The quantitative estimate of drug-likeness (QED) is 0.357. The van der Waals surface area contributed by atoms with Crippen molar-refractivity contribution in [1.82, 2.24) is 5.32 Å². The Bertz CT molecular complexity index is 521. The summed E-state index contributed by atoms with van der Waals surface area (Å²) < 4.78 is 14.7. The lowest BCUT2D eigenvalue weighted by Crippen LogP contribution is -2.13. The second-order valence-corrected chi connectivity index (χ2v) is 6.55. The Morgan fingerprint density at radius 2 is 2.11 bits per heavy atom. The van der Waals surface area contributed by atoms with Gasteiger partial charge in [0.1, 0.15) is 11.5 Å². The highest BCUT2D eigenvalue weighted by molar-refractivity contribution is 9.10. The molecule has 1 rings (SSSR count). The van der Waals surface area contributed by atoms with E-state index >= 15 is 0 Å². The Morgan fingerprint density at radius 1 is 1.47 bits per heavy atom. The fourth-order valence-corrected chi connectivity index (χ4v) is 2.23. The molecule has 0 heterocycles. The smallest absolute Gasteiger partial charge is 0.183 e. The second kappa shape index (κ2) is 6.40. The third kappa shape index (κ3) is 4.22. The molecule has 1 aromatic carbocycles. The molecule has 0 amide bonds. The van der Waals surface area contributed by atoms with Gasteiger partial charge in [-0.2, -0.15) is 5.26 Å². The molecule has 0 fully saturated rings. The average molecular weight is 344 g/mol. The molecule has 0 aliphatic heterocycles. The number of thioether (sulfide) groups is 1.